The molecule has 0 aliphatic carbocycles. The lowest BCUT2D eigenvalue weighted by Gasteiger charge is -2.23. The fraction of sp³-hybridized carbons (Fsp3) is 1.00. The standard InChI is InChI=1S/C5H8Br2Cl2/c6-1-5(2-7,3-8)4-9/h1-4H2. The molecule has 0 spiro atoms. The molecular formula is C5H8Br2Cl2. The van der Waals surface area contributed by atoms with Gasteiger partial charge in [0.2, 0.25) is 0 Å². The molecule has 56 valence electrons. The van der Waals surface area contributed by atoms with Crippen LogP contribution in [0.1, 0.15) is 0 Å². The second-order valence-corrected chi connectivity index (χ2v) is 3.69. The summed E-state index contributed by atoms with van der Waals surface area (Å²) >= 11 is 18.1. The van der Waals surface area contributed by atoms with Crippen LogP contribution in [0.5, 0.6) is 0 Å². The van der Waals surface area contributed by atoms with Gasteiger partial charge in [0, 0.05) is 27.8 Å². The second kappa shape index (κ2) is 5.22. The van der Waals surface area contributed by atoms with Gasteiger partial charge in [0.15, 0.2) is 0 Å². The normalized spacial score (nSPS) is 12.0. The van der Waals surface area contributed by atoms with E-state index in [0.717, 1.165) is 10.7 Å². The fourth-order valence-corrected chi connectivity index (χ4v) is 3.51. The van der Waals surface area contributed by atoms with Gasteiger partial charge < -0.3 is 0 Å². The van der Waals surface area contributed by atoms with Crippen LogP contribution in [0.4, 0.5) is 0 Å². The predicted octanol–water partition coefficient (Wildman–Crippen LogP) is 3.24. The Hall–Kier alpha value is 1.54. The summed E-state index contributed by atoms with van der Waals surface area (Å²) in [5, 5.41) is 1.69. The number of halogens is 4. The zero-order valence-electron chi connectivity index (χ0n) is 4.84. The highest BCUT2D eigenvalue weighted by Crippen LogP contribution is 2.26. The van der Waals surface area contributed by atoms with Crippen molar-refractivity contribution in [3.63, 3.8) is 0 Å². The Morgan fingerprint density at radius 1 is 1.00 bits per heavy atom. The van der Waals surface area contributed by atoms with Gasteiger partial charge in [-0.2, -0.15) is 0 Å². The SMILES string of the molecule is ClCC(CCl)(CBr)CBr. The fourth-order valence-electron chi connectivity index (χ4n) is 0.214. The van der Waals surface area contributed by atoms with E-state index in [4.69, 9.17) is 23.2 Å². The van der Waals surface area contributed by atoms with Gasteiger partial charge in [0.25, 0.3) is 0 Å². The molecule has 0 N–H and O–H groups in total. The van der Waals surface area contributed by atoms with Crippen molar-refractivity contribution < 1.29 is 0 Å². The van der Waals surface area contributed by atoms with Crippen LogP contribution in [-0.4, -0.2) is 22.4 Å². The van der Waals surface area contributed by atoms with E-state index in [9.17, 15) is 0 Å². The second-order valence-electron chi connectivity index (χ2n) is 2.03. The predicted molar refractivity (Wildman–Crippen MR) is 51.5 cm³/mol. The van der Waals surface area contributed by atoms with Gasteiger partial charge in [-0.3, -0.25) is 0 Å². The smallest absolute Gasteiger partial charge is 0.0307 e. The summed E-state index contributed by atoms with van der Waals surface area (Å²) in [6, 6.07) is 0. The third kappa shape index (κ3) is 2.96. The maximum atomic E-state index is 5.68. The van der Waals surface area contributed by atoms with Gasteiger partial charge in [0.1, 0.15) is 0 Å². The lowest BCUT2D eigenvalue weighted by Crippen LogP contribution is -2.28. The Labute approximate surface area is 82.5 Å². The summed E-state index contributed by atoms with van der Waals surface area (Å²) in [6.07, 6.45) is 0. The number of hydrogen-bond donors (Lipinski definition) is 0. The molecule has 0 fully saturated rings. The van der Waals surface area contributed by atoms with Gasteiger partial charge in [-0.05, 0) is 0 Å². The molecule has 0 saturated heterocycles. The summed E-state index contributed by atoms with van der Waals surface area (Å²) in [5.41, 5.74) is 0.0309. The van der Waals surface area contributed by atoms with Crippen LogP contribution in [0.3, 0.4) is 0 Å². The molecule has 0 atom stereocenters. The van der Waals surface area contributed by atoms with E-state index in [1.54, 1.807) is 0 Å². The van der Waals surface area contributed by atoms with E-state index < -0.39 is 0 Å². The van der Waals surface area contributed by atoms with Crippen molar-refractivity contribution in [3.05, 3.63) is 0 Å². The van der Waals surface area contributed by atoms with Gasteiger partial charge in [-0.1, -0.05) is 31.9 Å². The first-order chi connectivity index (χ1) is 4.24. The lowest BCUT2D eigenvalue weighted by molar-refractivity contribution is 0.516. The van der Waals surface area contributed by atoms with Crippen LogP contribution >= 0.6 is 55.1 Å². The number of hydrogen-bond acceptors (Lipinski definition) is 0. The van der Waals surface area contributed by atoms with E-state index in [0.29, 0.717) is 11.8 Å². The maximum absolute atomic E-state index is 5.68. The van der Waals surface area contributed by atoms with Crippen LogP contribution in [0.25, 0.3) is 0 Å². The highest BCUT2D eigenvalue weighted by molar-refractivity contribution is 9.09. The topological polar surface area (TPSA) is 0 Å². The zero-order valence-corrected chi connectivity index (χ0v) is 9.52. The summed E-state index contributed by atoms with van der Waals surface area (Å²) in [4.78, 5) is 0. The van der Waals surface area contributed by atoms with Crippen molar-refractivity contribution in [2.75, 3.05) is 22.4 Å². The molecular weight excluding hydrogens is 291 g/mol. The third-order valence-electron chi connectivity index (χ3n) is 1.13. The van der Waals surface area contributed by atoms with Crippen molar-refractivity contribution in [2.24, 2.45) is 5.41 Å². The highest BCUT2D eigenvalue weighted by Gasteiger charge is 2.25. The Balaban J connectivity index is 3.82. The first-order valence-electron chi connectivity index (χ1n) is 2.48. The zero-order chi connectivity index (χ0) is 7.33. The van der Waals surface area contributed by atoms with Crippen LogP contribution in [0.2, 0.25) is 0 Å². The van der Waals surface area contributed by atoms with Gasteiger partial charge in [0.05, 0.1) is 0 Å². The van der Waals surface area contributed by atoms with Crippen molar-refractivity contribution in [2.45, 2.75) is 0 Å². The Bertz CT molecular complexity index is 55.8. The van der Waals surface area contributed by atoms with E-state index in [1.807, 2.05) is 0 Å². The molecule has 0 amide bonds. The minimum absolute atomic E-state index is 0.0309. The molecule has 0 aliphatic heterocycles. The van der Waals surface area contributed by atoms with E-state index in [-0.39, 0.29) is 5.41 Å². The molecule has 4 heteroatoms. The average Bonchev–Trinajstić information content (AvgIpc) is 1.95. The van der Waals surface area contributed by atoms with Crippen molar-refractivity contribution in [3.8, 4) is 0 Å². The Kier molecular flexibility index (Phi) is 6.12. The summed E-state index contributed by atoms with van der Waals surface area (Å²) in [6.45, 7) is 0. The van der Waals surface area contributed by atoms with Crippen LogP contribution in [-0.2, 0) is 0 Å². The molecule has 0 bridgehead atoms. The highest BCUT2D eigenvalue weighted by atomic mass is 79.9. The quantitative estimate of drug-likeness (QED) is 0.699. The molecule has 0 unspecified atom stereocenters. The summed E-state index contributed by atoms with van der Waals surface area (Å²) in [7, 11) is 0. The van der Waals surface area contributed by atoms with Crippen LogP contribution in [0, 0.1) is 5.41 Å². The Morgan fingerprint density at radius 3 is 1.33 bits per heavy atom. The van der Waals surface area contributed by atoms with Gasteiger partial charge >= 0.3 is 0 Å². The van der Waals surface area contributed by atoms with E-state index in [1.165, 1.54) is 0 Å². The molecule has 0 saturated carbocycles. The number of rotatable bonds is 4. The first kappa shape index (κ1) is 10.5. The molecule has 0 heterocycles. The lowest BCUT2D eigenvalue weighted by atomic mass is 10.00. The van der Waals surface area contributed by atoms with E-state index in [2.05, 4.69) is 31.9 Å². The minimum Gasteiger partial charge on any atom is -0.126 e. The molecule has 9 heavy (non-hydrogen) atoms. The van der Waals surface area contributed by atoms with E-state index >= 15 is 0 Å². The minimum atomic E-state index is 0.0309. The molecule has 0 aromatic heterocycles. The molecule has 0 aromatic carbocycles. The van der Waals surface area contributed by atoms with Gasteiger partial charge in [-0.25, -0.2) is 0 Å². The van der Waals surface area contributed by atoms with Crippen molar-refractivity contribution in [1.82, 2.24) is 0 Å². The number of alkyl halides is 4. The average molecular weight is 299 g/mol. The summed E-state index contributed by atoms with van der Waals surface area (Å²) < 4.78 is 0. The maximum Gasteiger partial charge on any atom is 0.0307 e. The largest absolute Gasteiger partial charge is 0.126 e. The van der Waals surface area contributed by atoms with Crippen molar-refractivity contribution >= 4 is 55.1 Å². The first-order valence-corrected chi connectivity index (χ1v) is 5.80. The van der Waals surface area contributed by atoms with Crippen molar-refractivity contribution in [1.29, 1.82) is 0 Å². The molecule has 0 aliphatic rings. The molecule has 0 aromatic rings. The molecule has 0 nitrogen and oxygen atoms in total. The third-order valence-corrected chi connectivity index (χ3v) is 4.65. The van der Waals surface area contributed by atoms with Crippen LogP contribution in [0.15, 0.2) is 0 Å². The van der Waals surface area contributed by atoms with Gasteiger partial charge in [-0.15, -0.1) is 23.2 Å². The summed E-state index contributed by atoms with van der Waals surface area (Å²) in [5.74, 6) is 1.18. The molecule has 0 radical (unpaired) electrons. The Morgan fingerprint density at radius 2 is 1.33 bits per heavy atom. The van der Waals surface area contributed by atoms with Crippen LogP contribution < -0.4 is 0 Å². The monoisotopic (exact) mass is 296 g/mol. The molecule has 0 rings (SSSR count).